The predicted molar refractivity (Wildman–Crippen MR) is 145 cm³/mol. The molecule has 2 aromatic rings. The number of piperidine rings is 1. The lowest BCUT2D eigenvalue weighted by Gasteiger charge is -2.47. The van der Waals surface area contributed by atoms with Gasteiger partial charge in [0.25, 0.3) is 0 Å². The van der Waals surface area contributed by atoms with Gasteiger partial charge in [0.1, 0.15) is 5.82 Å². The minimum Gasteiger partial charge on any atom is -0.398 e. The number of aromatic nitrogens is 1. The highest BCUT2D eigenvalue weighted by Crippen LogP contribution is 2.31. The second kappa shape index (κ2) is 11.1. The van der Waals surface area contributed by atoms with Crippen LogP contribution in [0.5, 0.6) is 0 Å². The van der Waals surface area contributed by atoms with Gasteiger partial charge in [0.2, 0.25) is 10.0 Å². The average Bonchev–Trinajstić information content (AvgIpc) is 2.80. The number of nitrogens with zero attached hydrogens (tertiary/aromatic N) is 4. The van der Waals surface area contributed by atoms with E-state index in [2.05, 4.69) is 31.3 Å². The molecule has 2 saturated heterocycles. The number of hydrogen-bond donors (Lipinski definition) is 2. The highest BCUT2D eigenvalue weighted by molar-refractivity contribution is 7.92. The zero-order valence-electron chi connectivity index (χ0n) is 20.3. The topological polar surface area (TPSA) is 94.8 Å². The van der Waals surface area contributed by atoms with Gasteiger partial charge in [-0.2, -0.15) is 0 Å². The molecule has 2 fully saturated rings. The molecule has 1 aromatic carbocycles. The largest absolute Gasteiger partial charge is 0.398 e. The number of benzene rings is 1. The van der Waals surface area contributed by atoms with E-state index in [1.165, 1.54) is 6.20 Å². The van der Waals surface area contributed by atoms with E-state index in [0.29, 0.717) is 33.6 Å². The maximum absolute atomic E-state index is 11.5. The van der Waals surface area contributed by atoms with Crippen molar-refractivity contribution in [2.75, 3.05) is 54.3 Å². The summed E-state index contributed by atoms with van der Waals surface area (Å²) in [6.07, 6.45) is 5.95. The van der Waals surface area contributed by atoms with Crippen molar-refractivity contribution in [3.8, 4) is 0 Å². The molecule has 3 N–H and O–H groups in total. The Balaban J connectivity index is 1.34. The van der Waals surface area contributed by atoms with Crippen LogP contribution in [0.25, 0.3) is 0 Å². The molecular formula is C24H34Cl2N6O2S. The number of nitrogen functional groups attached to an aromatic ring is 1. The number of likely N-dealkylation sites (tertiary alicyclic amines) is 1. The lowest BCUT2D eigenvalue weighted by atomic mass is 9.97. The van der Waals surface area contributed by atoms with Crippen LogP contribution >= 0.6 is 23.2 Å². The van der Waals surface area contributed by atoms with E-state index in [4.69, 9.17) is 28.9 Å². The normalized spacial score (nSPS) is 20.8. The van der Waals surface area contributed by atoms with Gasteiger partial charge in [0, 0.05) is 49.0 Å². The summed E-state index contributed by atoms with van der Waals surface area (Å²) < 4.78 is 25.4. The minimum absolute atomic E-state index is 0.374. The third-order valence-electron chi connectivity index (χ3n) is 6.95. The number of pyridine rings is 1. The van der Waals surface area contributed by atoms with Crippen molar-refractivity contribution < 1.29 is 8.42 Å². The Hall–Kier alpha value is -1.78. The van der Waals surface area contributed by atoms with Crippen molar-refractivity contribution in [2.45, 2.75) is 44.8 Å². The molecule has 8 nitrogen and oxygen atoms in total. The fourth-order valence-corrected chi connectivity index (χ4v) is 6.21. The first-order chi connectivity index (χ1) is 16.6. The molecule has 0 aliphatic carbocycles. The third-order valence-corrected chi connectivity index (χ3v) is 8.07. The maximum atomic E-state index is 11.5. The first-order valence-electron chi connectivity index (χ1n) is 12.0. The summed E-state index contributed by atoms with van der Waals surface area (Å²) in [7, 11) is -3.37. The van der Waals surface area contributed by atoms with Gasteiger partial charge in [0.05, 0.1) is 23.2 Å². The van der Waals surface area contributed by atoms with Crippen LogP contribution in [0, 0.1) is 0 Å². The number of nitrogens with one attached hydrogen (secondary N) is 1. The molecule has 2 aliphatic heterocycles. The second-order valence-electron chi connectivity index (χ2n) is 9.50. The van der Waals surface area contributed by atoms with Gasteiger partial charge in [0.15, 0.2) is 0 Å². The van der Waals surface area contributed by atoms with Crippen LogP contribution in [0.4, 0.5) is 17.2 Å². The summed E-state index contributed by atoms with van der Waals surface area (Å²) in [4.78, 5) is 11.8. The average molecular weight is 542 g/mol. The molecule has 4 rings (SSSR count). The van der Waals surface area contributed by atoms with Crippen molar-refractivity contribution >= 4 is 50.4 Å². The zero-order chi connectivity index (χ0) is 25.2. The minimum atomic E-state index is -3.37. The van der Waals surface area contributed by atoms with Crippen molar-refractivity contribution in [3.05, 3.63) is 46.1 Å². The van der Waals surface area contributed by atoms with E-state index < -0.39 is 10.0 Å². The molecule has 3 heterocycles. The standard InChI is InChI=1S/C24H34Cl2N6O2S/c1-3-20-16-31(24-22(26)13-19(14-28-24)29-35(2,33)34)10-11-32(20)21-6-8-30(9-7-21)15-17-4-5-18(25)12-23(17)27/h4-5,12-14,20-21,29H,3,6-11,15-16,27H2,1-2H3/t20-/m0/s1. The Morgan fingerprint density at radius 2 is 1.89 bits per heavy atom. The number of hydrogen-bond acceptors (Lipinski definition) is 7. The van der Waals surface area contributed by atoms with Gasteiger partial charge in [-0.3, -0.25) is 14.5 Å². The van der Waals surface area contributed by atoms with Crippen molar-refractivity contribution in [2.24, 2.45) is 0 Å². The molecule has 0 amide bonds. The fraction of sp³-hybridized carbons (Fsp3) is 0.542. The summed E-state index contributed by atoms with van der Waals surface area (Å²) in [5.41, 5.74) is 8.42. The van der Waals surface area contributed by atoms with Crippen LogP contribution < -0.4 is 15.4 Å². The molecule has 0 unspecified atom stereocenters. The molecule has 192 valence electrons. The quantitative estimate of drug-likeness (QED) is 0.514. The Bertz CT molecular complexity index is 1140. The van der Waals surface area contributed by atoms with Gasteiger partial charge in [-0.15, -0.1) is 0 Å². The summed E-state index contributed by atoms with van der Waals surface area (Å²) in [5, 5.41) is 1.13. The van der Waals surface area contributed by atoms with Crippen molar-refractivity contribution in [1.82, 2.24) is 14.8 Å². The Morgan fingerprint density at radius 3 is 2.51 bits per heavy atom. The van der Waals surface area contributed by atoms with Crippen LogP contribution in [-0.4, -0.2) is 74.3 Å². The highest BCUT2D eigenvalue weighted by Gasteiger charge is 2.34. The molecule has 2 aliphatic rings. The van der Waals surface area contributed by atoms with Gasteiger partial charge < -0.3 is 10.6 Å². The molecule has 1 aromatic heterocycles. The molecule has 0 spiro atoms. The third kappa shape index (κ3) is 6.71. The Kier molecular flexibility index (Phi) is 8.33. The summed E-state index contributed by atoms with van der Waals surface area (Å²) in [6, 6.07) is 8.36. The SMILES string of the molecule is CC[C@H]1CN(c2ncc(NS(C)(=O)=O)cc2Cl)CCN1C1CCN(Cc2ccc(Cl)cc2N)CC1. The van der Waals surface area contributed by atoms with Crippen molar-refractivity contribution in [1.29, 1.82) is 0 Å². The van der Waals surface area contributed by atoms with E-state index >= 15 is 0 Å². The first-order valence-corrected chi connectivity index (χ1v) is 14.7. The Morgan fingerprint density at radius 1 is 1.14 bits per heavy atom. The monoisotopic (exact) mass is 540 g/mol. The molecule has 11 heteroatoms. The smallest absolute Gasteiger partial charge is 0.229 e. The highest BCUT2D eigenvalue weighted by atomic mass is 35.5. The molecule has 0 radical (unpaired) electrons. The molecule has 0 bridgehead atoms. The number of nitrogens with two attached hydrogens (primary N) is 1. The Labute approximate surface area is 218 Å². The van der Waals surface area contributed by atoms with Gasteiger partial charge >= 0.3 is 0 Å². The van der Waals surface area contributed by atoms with E-state index in [1.54, 1.807) is 6.07 Å². The lowest BCUT2D eigenvalue weighted by molar-refractivity contribution is 0.0611. The van der Waals surface area contributed by atoms with Crippen LogP contribution in [0.3, 0.4) is 0 Å². The molecule has 0 saturated carbocycles. The van der Waals surface area contributed by atoms with Gasteiger partial charge in [-0.25, -0.2) is 13.4 Å². The van der Waals surface area contributed by atoms with Crippen LogP contribution in [0.15, 0.2) is 30.5 Å². The summed E-state index contributed by atoms with van der Waals surface area (Å²) >= 11 is 12.5. The number of anilines is 3. The van der Waals surface area contributed by atoms with Gasteiger partial charge in [-0.1, -0.05) is 36.2 Å². The summed E-state index contributed by atoms with van der Waals surface area (Å²) in [5.74, 6) is 0.708. The maximum Gasteiger partial charge on any atom is 0.229 e. The lowest BCUT2D eigenvalue weighted by Crippen LogP contribution is -2.58. The number of halogens is 2. The number of piperazine rings is 1. The first kappa shape index (κ1) is 26.3. The molecule has 1 atom stereocenters. The summed E-state index contributed by atoms with van der Waals surface area (Å²) in [6.45, 7) is 7.82. The number of rotatable bonds is 7. The van der Waals surface area contributed by atoms with E-state index in [0.717, 1.165) is 76.0 Å². The second-order valence-corrected chi connectivity index (χ2v) is 12.1. The van der Waals surface area contributed by atoms with E-state index in [-0.39, 0.29) is 0 Å². The van der Waals surface area contributed by atoms with E-state index in [9.17, 15) is 8.42 Å². The predicted octanol–water partition coefficient (Wildman–Crippen LogP) is 3.91. The molecule has 35 heavy (non-hydrogen) atoms. The van der Waals surface area contributed by atoms with Crippen LogP contribution in [-0.2, 0) is 16.6 Å². The van der Waals surface area contributed by atoms with Crippen LogP contribution in [0.2, 0.25) is 10.0 Å². The van der Waals surface area contributed by atoms with Crippen molar-refractivity contribution in [3.63, 3.8) is 0 Å². The van der Waals surface area contributed by atoms with Gasteiger partial charge in [-0.05, 0) is 56.1 Å². The van der Waals surface area contributed by atoms with Crippen LogP contribution in [0.1, 0.15) is 31.7 Å². The van der Waals surface area contributed by atoms with E-state index in [1.807, 2.05) is 18.2 Å². The number of sulfonamides is 1. The zero-order valence-corrected chi connectivity index (χ0v) is 22.6. The molecular weight excluding hydrogens is 507 g/mol. The fourth-order valence-electron chi connectivity index (χ4n) is 5.20.